The molecule has 0 radical (unpaired) electrons. The van der Waals surface area contributed by atoms with Gasteiger partial charge in [-0.1, -0.05) is 25.1 Å². The van der Waals surface area contributed by atoms with E-state index in [1.165, 1.54) is 12.8 Å². The highest BCUT2D eigenvalue weighted by molar-refractivity contribution is 8.00. The lowest BCUT2D eigenvalue weighted by molar-refractivity contribution is 0.729. The first kappa shape index (κ1) is 16.3. The summed E-state index contributed by atoms with van der Waals surface area (Å²) in [5.74, 6) is 2.01. The third kappa shape index (κ3) is 8.10. The van der Waals surface area contributed by atoms with E-state index in [2.05, 4.69) is 34.5 Å². The molecule has 0 saturated heterocycles. The van der Waals surface area contributed by atoms with Crippen molar-refractivity contribution in [3.05, 3.63) is 11.6 Å². The molecule has 0 fully saturated rings. The minimum absolute atomic E-state index is 0.861. The topological polar surface area (TPSA) is 49.3 Å². The average Bonchev–Trinajstić information content (AvgIpc) is 2.91. The lowest BCUT2D eigenvalue weighted by Gasteiger charge is -2.10. The SMILES string of the molecule is CCCCNC(=NCCCSc1nccs1)NCC. The number of aromatic nitrogens is 1. The Morgan fingerprint density at radius 1 is 1.37 bits per heavy atom. The summed E-state index contributed by atoms with van der Waals surface area (Å²) in [5, 5.41) is 8.63. The molecular formula is C13H24N4S2. The summed E-state index contributed by atoms with van der Waals surface area (Å²) < 4.78 is 1.15. The third-order valence-corrected chi connectivity index (χ3v) is 4.43. The van der Waals surface area contributed by atoms with Crippen LogP contribution in [0.4, 0.5) is 0 Å². The predicted octanol–water partition coefficient (Wildman–Crippen LogP) is 2.98. The number of nitrogens with one attached hydrogen (secondary N) is 2. The zero-order valence-electron chi connectivity index (χ0n) is 11.8. The van der Waals surface area contributed by atoms with E-state index >= 15 is 0 Å². The van der Waals surface area contributed by atoms with Gasteiger partial charge in [-0.25, -0.2) is 4.98 Å². The van der Waals surface area contributed by atoms with Crippen LogP contribution in [0.25, 0.3) is 0 Å². The Balaban J connectivity index is 2.15. The first-order valence-electron chi connectivity index (χ1n) is 6.91. The van der Waals surface area contributed by atoms with Crippen LogP contribution in [0.3, 0.4) is 0 Å². The van der Waals surface area contributed by atoms with Gasteiger partial charge < -0.3 is 10.6 Å². The van der Waals surface area contributed by atoms with Gasteiger partial charge in [0.2, 0.25) is 0 Å². The molecule has 0 aliphatic rings. The quantitative estimate of drug-likeness (QED) is 0.319. The smallest absolute Gasteiger partial charge is 0.191 e. The van der Waals surface area contributed by atoms with Crippen molar-refractivity contribution in [3.8, 4) is 0 Å². The molecule has 108 valence electrons. The largest absolute Gasteiger partial charge is 0.357 e. The first-order chi connectivity index (χ1) is 9.36. The Morgan fingerprint density at radius 2 is 2.26 bits per heavy atom. The van der Waals surface area contributed by atoms with Crippen LogP contribution in [0, 0.1) is 0 Å². The molecule has 1 rings (SSSR count). The van der Waals surface area contributed by atoms with Crippen LogP contribution in [-0.2, 0) is 0 Å². The molecule has 6 heteroatoms. The van der Waals surface area contributed by atoms with Crippen molar-refractivity contribution in [1.29, 1.82) is 0 Å². The molecule has 19 heavy (non-hydrogen) atoms. The van der Waals surface area contributed by atoms with Crippen LogP contribution >= 0.6 is 23.1 Å². The highest BCUT2D eigenvalue weighted by Gasteiger charge is 1.97. The maximum Gasteiger partial charge on any atom is 0.191 e. The van der Waals surface area contributed by atoms with Gasteiger partial charge in [-0.2, -0.15) is 0 Å². The van der Waals surface area contributed by atoms with E-state index in [4.69, 9.17) is 0 Å². The number of hydrogen-bond acceptors (Lipinski definition) is 4. The van der Waals surface area contributed by atoms with Crippen molar-refractivity contribution >= 4 is 29.1 Å². The monoisotopic (exact) mass is 300 g/mol. The number of guanidine groups is 1. The summed E-state index contributed by atoms with van der Waals surface area (Å²) in [4.78, 5) is 8.82. The number of aliphatic imine (C=N–C) groups is 1. The Bertz CT molecular complexity index is 338. The second kappa shape index (κ2) is 11.1. The summed E-state index contributed by atoms with van der Waals surface area (Å²) >= 11 is 3.51. The van der Waals surface area contributed by atoms with Gasteiger partial charge in [0.15, 0.2) is 5.96 Å². The fourth-order valence-corrected chi connectivity index (χ4v) is 3.05. The van der Waals surface area contributed by atoms with Crippen molar-refractivity contribution in [1.82, 2.24) is 15.6 Å². The number of thioether (sulfide) groups is 1. The van der Waals surface area contributed by atoms with Crippen LogP contribution in [0.2, 0.25) is 0 Å². The molecule has 2 N–H and O–H groups in total. The van der Waals surface area contributed by atoms with Crippen molar-refractivity contribution in [2.24, 2.45) is 4.99 Å². The molecule has 0 aliphatic heterocycles. The molecule has 0 atom stereocenters. The van der Waals surface area contributed by atoms with Crippen LogP contribution in [0.5, 0.6) is 0 Å². The van der Waals surface area contributed by atoms with Crippen LogP contribution in [-0.4, -0.2) is 36.3 Å². The van der Waals surface area contributed by atoms with Gasteiger partial charge in [-0.15, -0.1) is 11.3 Å². The van der Waals surface area contributed by atoms with Gasteiger partial charge in [0.05, 0.1) is 0 Å². The van der Waals surface area contributed by atoms with Gasteiger partial charge in [0.1, 0.15) is 4.34 Å². The third-order valence-electron chi connectivity index (χ3n) is 2.37. The van der Waals surface area contributed by atoms with Gasteiger partial charge >= 0.3 is 0 Å². The zero-order valence-corrected chi connectivity index (χ0v) is 13.4. The molecule has 1 heterocycles. The number of rotatable bonds is 9. The van der Waals surface area contributed by atoms with E-state index in [-0.39, 0.29) is 0 Å². The summed E-state index contributed by atoms with van der Waals surface area (Å²) in [6.07, 6.45) is 5.32. The molecule has 1 aromatic rings. The number of unbranched alkanes of at least 4 members (excludes halogenated alkanes) is 1. The summed E-state index contributed by atoms with van der Waals surface area (Å²) in [5.41, 5.74) is 0. The summed E-state index contributed by atoms with van der Waals surface area (Å²) in [6.45, 7) is 7.05. The molecule has 0 amide bonds. The fraction of sp³-hybridized carbons (Fsp3) is 0.692. The molecular weight excluding hydrogens is 276 g/mol. The normalized spacial score (nSPS) is 11.6. The lowest BCUT2D eigenvalue weighted by Crippen LogP contribution is -2.37. The Labute approximate surface area is 124 Å². The Kier molecular flexibility index (Phi) is 9.53. The lowest BCUT2D eigenvalue weighted by atomic mass is 10.3. The molecule has 0 aromatic carbocycles. The molecule has 0 saturated carbocycles. The standard InChI is InChI=1S/C13H24N4S2/c1-3-5-7-15-12(14-4-2)16-8-6-10-18-13-17-9-11-19-13/h9,11H,3-8,10H2,1-2H3,(H2,14,15,16). The molecule has 1 aromatic heterocycles. The molecule has 0 bridgehead atoms. The van der Waals surface area contributed by atoms with E-state index in [0.29, 0.717) is 0 Å². The van der Waals surface area contributed by atoms with Crippen molar-refractivity contribution in [3.63, 3.8) is 0 Å². The molecule has 0 unspecified atom stereocenters. The Morgan fingerprint density at radius 3 is 2.95 bits per heavy atom. The van der Waals surface area contributed by atoms with Crippen molar-refractivity contribution < 1.29 is 0 Å². The molecule has 4 nitrogen and oxygen atoms in total. The van der Waals surface area contributed by atoms with Gasteiger partial charge in [0, 0.05) is 37.0 Å². The average molecular weight is 300 g/mol. The highest BCUT2D eigenvalue weighted by atomic mass is 32.2. The fourth-order valence-electron chi connectivity index (χ4n) is 1.42. The maximum atomic E-state index is 4.57. The number of hydrogen-bond donors (Lipinski definition) is 2. The van der Waals surface area contributed by atoms with Crippen LogP contribution in [0.1, 0.15) is 33.1 Å². The first-order valence-corrected chi connectivity index (χ1v) is 8.77. The predicted molar refractivity (Wildman–Crippen MR) is 86.3 cm³/mol. The van der Waals surface area contributed by atoms with Crippen molar-refractivity contribution in [2.75, 3.05) is 25.4 Å². The second-order valence-electron chi connectivity index (χ2n) is 4.04. The minimum atomic E-state index is 0.861. The zero-order chi connectivity index (χ0) is 13.8. The number of thiazole rings is 1. The van der Waals surface area contributed by atoms with Gasteiger partial charge in [0.25, 0.3) is 0 Å². The molecule has 0 aliphatic carbocycles. The number of nitrogens with zero attached hydrogens (tertiary/aromatic N) is 2. The van der Waals surface area contributed by atoms with E-state index < -0.39 is 0 Å². The van der Waals surface area contributed by atoms with E-state index in [1.807, 2.05) is 23.3 Å². The van der Waals surface area contributed by atoms with Crippen molar-refractivity contribution in [2.45, 2.75) is 37.4 Å². The van der Waals surface area contributed by atoms with E-state index in [9.17, 15) is 0 Å². The van der Waals surface area contributed by atoms with E-state index in [0.717, 1.165) is 42.1 Å². The maximum absolute atomic E-state index is 4.57. The van der Waals surface area contributed by atoms with Crippen LogP contribution in [0.15, 0.2) is 20.9 Å². The Hall–Kier alpha value is -0.750. The van der Waals surface area contributed by atoms with Gasteiger partial charge in [-0.3, -0.25) is 4.99 Å². The summed E-state index contributed by atoms with van der Waals surface area (Å²) in [7, 11) is 0. The van der Waals surface area contributed by atoms with Gasteiger partial charge in [-0.05, 0) is 19.8 Å². The second-order valence-corrected chi connectivity index (χ2v) is 6.28. The highest BCUT2D eigenvalue weighted by Crippen LogP contribution is 2.20. The van der Waals surface area contributed by atoms with Crippen LogP contribution < -0.4 is 10.6 Å². The van der Waals surface area contributed by atoms with E-state index in [1.54, 1.807) is 11.3 Å². The minimum Gasteiger partial charge on any atom is -0.357 e. The molecule has 0 spiro atoms. The summed E-state index contributed by atoms with van der Waals surface area (Å²) in [6, 6.07) is 0.